The summed E-state index contributed by atoms with van der Waals surface area (Å²) in [6.45, 7) is 7.33. The van der Waals surface area contributed by atoms with Crippen molar-refractivity contribution in [3.05, 3.63) is 16.8 Å². The number of nitrogens with one attached hydrogen (secondary N) is 1. The second-order valence-corrected chi connectivity index (χ2v) is 8.61. The predicted molar refractivity (Wildman–Crippen MR) is 102 cm³/mol. The minimum Gasteiger partial charge on any atom is -0.391 e. The number of quaternary nitrogens is 1. The number of aryl methyl sites for hydroxylation is 1. The summed E-state index contributed by atoms with van der Waals surface area (Å²) in [7, 11) is 0. The average molecular weight is 374 g/mol. The number of anilines is 1. The highest BCUT2D eigenvalue weighted by Crippen LogP contribution is 2.43. The number of rotatable bonds is 3. The normalized spacial score (nSPS) is 21.6. The monoisotopic (exact) mass is 373 g/mol. The minimum absolute atomic E-state index is 0.256. The standard InChI is InChI=1S/C18H24N6OS/c1-12-3-2-4-13-14(12)15-16-19-11-20-24(16)18(21-17(15)26-13)23-7-5-22(6-8-23)9-10-25/h11-12,25H,2-10H2,1H3/p+1/t12-/m1/s1. The van der Waals surface area contributed by atoms with E-state index in [2.05, 4.69) is 21.9 Å². The third-order valence-electron chi connectivity index (χ3n) is 5.92. The van der Waals surface area contributed by atoms with Crippen LogP contribution in [0.4, 0.5) is 5.95 Å². The van der Waals surface area contributed by atoms with Crippen molar-refractivity contribution in [3.63, 3.8) is 0 Å². The summed E-state index contributed by atoms with van der Waals surface area (Å²) in [5, 5.41) is 14.9. The fourth-order valence-corrected chi connectivity index (χ4v) is 5.85. The third-order valence-corrected chi connectivity index (χ3v) is 7.08. The summed E-state index contributed by atoms with van der Waals surface area (Å²) in [5.41, 5.74) is 2.42. The summed E-state index contributed by atoms with van der Waals surface area (Å²) >= 11 is 1.85. The maximum atomic E-state index is 9.17. The Morgan fingerprint density at radius 3 is 3.00 bits per heavy atom. The van der Waals surface area contributed by atoms with Crippen LogP contribution in [0.25, 0.3) is 15.9 Å². The maximum Gasteiger partial charge on any atom is 0.230 e. The highest BCUT2D eigenvalue weighted by molar-refractivity contribution is 7.19. The first kappa shape index (κ1) is 16.4. The zero-order valence-electron chi connectivity index (χ0n) is 15.1. The summed E-state index contributed by atoms with van der Waals surface area (Å²) in [5.74, 6) is 1.49. The zero-order chi connectivity index (χ0) is 17.7. The van der Waals surface area contributed by atoms with E-state index in [1.165, 1.54) is 40.0 Å². The Kier molecular flexibility index (Phi) is 4.06. The second kappa shape index (κ2) is 6.44. The van der Waals surface area contributed by atoms with Crippen LogP contribution < -0.4 is 9.80 Å². The van der Waals surface area contributed by atoms with E-state index in [1.54, 1.807) is 6.33 Å². The van der Waals surface area contributed by atoms with Crippen molar-refractivity contribution in [2.24, 2.45) is 0 Å². The van der Waals surface area contributed by atoms with Gasteiger partial charge in [-0.15, -0.1) is 11.3 Å². The molecule has 3 aromatic heterocycles. The van der Waals surface area contributed by atoms with Crippen molar-refractivity contribution in [1.82, 2.24) is 19.6 Å². The first-order valence-corrected chi connectivity index (χ1v) is 10.4. The maximum absolute atomic E-state index is 9.17. The van der Waals surface area contributed by atoms with Gasteiger partial charge in [-0.2, -0.15) is 9.61 Å². The molecule has 0 aromatic carbocycles. The molecular formula is C18H25N6OS+. The van der Waals surface area contributed by atoms with E-state index in [1.807, 2.05) is 15.9 Å². The Bertz CT molecular complexity index is 942. The minimum atomic E-state index is 0.256. The molecule has 1 aliphatic carbocycles. The van der Waals surface area contributed by atoms with Crippen molar-refractivity contribution in [2.45, 2.75) is 32.1 Å². The molecule has 2 N–H and O–H groups in total. The Balaban J connectivity index is 1.60. The number of thiophene rings is 1. The first-order chi connectivity index (χ1) is 12.8. The van der Waals surface area contributed by atoms with Gasteiger partial charge in [0.2, 0.25) is 5.95 Å². The third kappa shape index (κ3) is 2.51. The summed E-state index contributed by atoms with van der Waals surface area (Å²) < 4.78 is 1.94. The lowest BCUT2D eigenvalue weighted by Crippen LogP contribution is -3.15. The van der Waals surface area contributed by atoms with Gasteiger partial charge in [0.15, 0.2) is 5.65 Å². The molecule has 0 unspecified atom stereocenters. The molecule has 4 heterocycles. The molecular weight excluding hydrogens is 348 g/mol. The van der Waals surface area contributed by atoms with Crippen LogP contribution in [0.2, 0.25) is 0 Å². The number of hydrogen-bond donors (Lipinski definition) is 2. The number of aliphatic hydroxyl groups excluding tert-OH is 1. The van der Waals surface area contributed by atoms with Crippen LogP contribution in [0.1, 0.15) is 36.1 Å². The number of aromatic nitrogens is 4. The van der Waals surface area contributed by atoms with E-state index in [4.69, 9.17) is 10.1 Å². The van der Waals surface area contributed by atoms with E-state index in [-0.39, 0.29) is 6.61 Å². The zero-order valence-corrected chi connectivity index (χ0v) is 15.9. The topological polar surface area (TPSA) is 71.0 Å². The summed E-state index contributed by atoms with van der Waals surface area (Å²) in [4.78, 5) is 16.1. The molecule has 0 spiro atoms. The van der Waals surface area contributed by atoms with Gasteiger partial charge < -0.3 is 14.9 Å². The van der Waals surface area contributed by atoms with Crippen LogP contribution in [0.15, 0.2) is 6.33 Å². The van der Waals surface area contributed by atoms with Crippen molar-refractivity contribution >= 4 is 33.1 Å². The van der Waals surface area contributed by atoms with E-state index in [0.717, 1.165) is 49.1 Å². The van der Waals surface area contributed by atoms with E-state index >= 15 is 0 Å². The van der Waals surface area contributed by atoms with Gasteiger partial charge in [-0.3, -0.25) is 0 Å². The van der Waals surface area contributed by atoms with Gasteiger partial charge in [0.25, 0.3) is 0 Å². The van der Waals surface area contributed by atoms with Crippen molar-refractivity contribution in [3.8, 4) is 0 Å². The molecule has 0 bridgehead atoms. The van der Waals surface area contributed by atoms with Crippen molar-refractivity contribution in [2.75, 3.05) is 44.2 Å². The number of fused-ring (bicyclic) bond motifs is 5. The molecule has 5 rings (SSSR count). The Labute approximate surface area is 156 Å². The lowest BCUT2D eigenvalue weighted by atomic mass is 9.87. The van der Waals surface area contributed by atoms with Gasteiger partial charge in [0, 0.05) is 4.88 Å². The smallest absolute Gasteiger partial charge is 0.230 e. The van der Waals surface area contributed by atoms with E-state index in [0.29, 0.717) is 5.92 Å². The number of hydrogen-bond acceptors (Lipinski definition) is 6. The molecule has 1 atom stereocenters. The van der Waals surface area contributed by atoms with Gasteiger partial charge in [-0.1, -0.05) is 6.92 Å². The lowest BCUT2D eigenvalue weighted by molar-refractivity contribution is -0.900. The highest BCUT2D eigenvalue weighted by Gasteiger charge is 2.28. The molecule has 138 valence electrons. The molecule has 0 radical (unpaired) electrons. The number of nitrogens with zero attached hydrogens (tertiary/aromatic N) is 5. The molecule has 3 aromatic rings. The van der Waals surface area contributed by atoms with Crippen LogP contribution in [-0.2, 0) is 6.42 Å². The van der Waals surface area contributed by atoms with Crippen molar-refractivity contribution in [1.29, 1.82) is 0 Å². The Hall–Kier alpha value is -1.77. The van der Waals surface area contributed by atoms with Gasteiger partial charge >= 0.3 is 0 Å². The quantitative estimate of drug-likeness (QED) is 0.699. The van der Waals surface area contributed by atoms with Gasteiger partial charge in [-0.25, -0.2) is 9.97 Å². The Morgan fingerprint density at radius 1 is 1.35 bits per heavy atom. The second-order valence-electron chi connectivity index (χ2n) is 7.53. The SMILES string of the molecule is C[C@@H]1CCCc2sc3nc(N4CC[NH+](CCO)CC4)n4ncnc4c3c21. The molecule has 2 aliphatic rings. The van der Waals surface area contributed by atoms with Gasteiger partial charge in [0.05, 0.1) is 38.2 Å². The predicted octanol–water partition coefficient (Wildman–Crippen LogP) is 0.476. The summed E-state index contributed by atoms with van der Waals surface area (Å²) in [6.07, 6.45) is 5.34. The average Bonchev–Trinajstić information content (AvgIpc) is 3.26. The largest absolute Gasteiger partial charge is 0.391 e. The molecule has 1 aliphatic heterocycles. The molecule has 1 saturated heterocycles. The van der Waals surface area contributed by atoms with Crippen LogP contribution >= 0.6 is 11.3 Å². The molecule has 26 heavy (non-hydrogen) atoms. The van der Waals surface area contributed by atoms with Crippen LogP contribution in [0.5, 0.6) is 0 Å². The van der Waals surface area contributed by atoms with Crippen LogP contribution in [0.3, 0.4) is 0 Å². The summed E-state index contributed by atoms with van der Waals surface area (Å²) in [6, 6.07) is 0. The van der Waals surface area contributed by atoms with E-state index in [9.17, 15) is 0 Å². The van der Waals surface area contributed by atoms with Crippen LogP contribution in [0, 0.1) is 0 Å². The fraction of sp³-hybridized carbons (Fsp3) is 0.611. The first-order valence-electron chi connectivity index (χ1n) is 9.60. The van der Waals surface area contributed by atoms with Gasteiger partial charge in [0.1, 0.15) is 17.7 Å². The molecule has 0 amide bonds. The molecule has 0 saturated carbocycles. The molecule has 7 nitrogen and oxygen atoms in total. The number of aliphatic hydroxyl groups is 1. The van der Waals surface area contributed by atoms with Gasteiger partial charge in [-0.05, 0) is 30.7 Å². The molecule has 8 heteroatoms. The van der Waals surface area contributed by atoms with Crippen molar-refractivity contribution < 1.29 is 10.0 Å². The number of piperazine rings is 1. The highest BCUT2D eigenvalue weighted by atomic mass is 32.1. The lowest BCUT2D eigenvalue weighted by Gasteiger charge is -2.32. The molecule has 1 fully saturated rings. The van der Waals surface area contributed by atoms with Crippen LogP contribution in [-0.4, -0.2) is 64.0 Å². The fourth-order valence-electron chi connectivity index (χ4n) is 4.52. The van der Waals surface area contributed by atoms with E-state index < -0.39 is 0 Å². The Morgan fingerprint density at radius 2 is 2.19 bits per heavy atom.